The fourth-order valence-electron chi connectivity index (χ4n) is 1.66. The number of rotatable bonds is 4. The standard InChI is InChI=1S/C13H18N4OS/c1-8(2)11-7-19-13(16-11)12(18)15-9(3)10-5-14-17(4)6-10/h5-9H,1-4H3,(H,15,18)/t9-/m0/s1. The van der Waals surface area contributed by atoms with Crippen LogP contribution in [0.15, 0.2) is 17.8 Å². The average Bonchev–Trinajstić information content (AvgIpc) is 2.96. The van der Waals surface area contributed by atoms with Crippen LogP contribution >= 0.6 is 11.3 Å². The molecule has 0 saturated carbocycles. The molecule has 2 aromatic heterocycles. The van der Waals surface area contributed by atoms with Gasteiger partial charge in [0.15, 0.2) is 5.01 Å². The van der Waals surface area contributed by atoms with Gasteiger partial charge in [-0.05, 0) is 12.8 Å². The lowest BCUT2D eigenvalue weighted by Crippen LogP contribution is -2.26. The van der Waals surface area contributed by atoms with Crippen molar-refractivity contribution in [1.29, 1.82) is 0 Å². The number of nitrogens with one attached hydrogen (secondary N) is 1. The fourth-order valence-corrected chi connectivity index (χ4v) is 2.54. The first-order chi connectivity index (χ1) is 8.97. The normalized spacial score (nSPS) is 12.7. The number of thiazole rings is 1. The van der Waals surface area contributed by atoms with Crippen molar-refractivity contribution in [2.24, 2.45) is 7.05 Å². The molecule has 2 heterocycles. The molecule has 1 N–H and O–H groups in total. The molecule has 0 unspecified atom stereocenters. The molecule has 1 atom stereocenters. The van der Waals surface area contributed by atoms with E-state index < -0.39 is 0 Å². The molecule has 102 valence electrons. The van der Waals surface area contributed by atoms with Gasteiger partial charge in [0.2, 0.25) is 0 Å². The van der Waals surface area contributed by atoms with Crippen LogP contribution in [0.3, 0.4) is 0 Å². The van der Waals surface area contributed by atoms with Gasteiger partial charge in [-0.2, -0.15) is 5.10 Å². The van der Waals surface area contributed by atoms with Crippen LogP contribution < -0.4 is 5.32 Å². The van der Waals surface area contributed by atoms with Gasteiger partial charge in [0.05, 0.1) is 17.9 Å². The van der Waals surface area contributed by atoms with Crippen LogP contribution in [0.2, 0.25) is 0 Å². The third-order valence-electron chi connectivity index (χ3n) is 2.88. The topological polar surface area (TPSA) is 59.8 Å². The Balaban J connectivity index is 2.04. The summed E-state index contributed by atoms with van der Waals surface area (Å²) in [5.74, 6) is 0.210. The molecule has 0 aliphatic rings. The van der Waals surface area contributed by atoms with Gasteiger partial charge >= 0.3 is 0 Å². The highest BCUT2D eigenvalue weighted by atomic mass is 32.1. The number of carbonyl (C=O) groups is 1. The molecule has 0 aromatic carbocycles. The summed E-state index contributed by atoms with van der Waals surface area (Å²) in [5.41, 5.74) is 1.95. The number of hydrogen-bond donors (Lipinski definition) is 1. The number of aromatic nitrogens is 3. The quantitative estimate of drug-likeness (QED) is 0.934. The van der Waals surface area contributed by atoms with E-state index in [-0.39, 0.29) is 11.9 Å². The Morgan fingerprint density at radius 2 is 2.16 bits per heavy atom. The zero-order chi connectivity index (χ0) is 14.0. The molecule has 0 aliphatic carbocycles. The summed E-state index contributed by atoms with van der Waals surface area (Å²) in [6.07, 6.45) is 3.65. The van der Waals surface area contributed by atoms with Gasteiger partial charge < -0.3 is 5.32 Å². The predicted octanol–water partition coefficient (Wildman–Crippen LogP) is 2.49. The largest absolute Gasteiger partial charge is 0.343 e. The molecular weight excluding hydrogens is 260 g/mol. The van der Waals surface area contributed by atoms with Crippen LogP contribution in [0.5, 0.6) is 0 Å². The molecule has 5 nitrogen and oxygen atoms in total. The lowest BCUT2D eigenvalue weighted by Gasteiger charge is -2.10. The summed E-state index contributed by atoms with van der Waals surface area (Å²) in [6, 6.07) is -0.0763. The zero-order valence-corrected chi connectivity index (χ0v) is 12.4. The molecule has 0 bridgehead atoms. The van der Waals surface area contributed by atoms with Crippen LogP contribution in [0, 0.1) is 0 Å². The lowest BCUT2D eigenvalue weighted by atomic mass is 10.2. The van der Waals surface area contributed by atoms with E-state index in [2.05, 4.69) is 29.2 Å². The first kappa shape index (κ1) is 13.7. The van der Waals surface area contributed by atoms with Gasteiger partial charge in [0.25, 0.3) is 5.91 Å². The summed E-state index contributed by atoms with van der Waals surface area (Å²) in [6.45, 7) is 6.07. The van der Waals surface area contributed by atoms with E-state index in [1.165, 1.54) is 11.3 Å². The summed E-state index contributed by atoms with van der Waals surface area (Å²) >= 11 is 1.38. The van der Waals surface area contributed by atoms with Crippen molar-refractivity contribution in [2.75, 3.05) is 0 Å². The molecule has 0 aliphatic heterocycles. The van der Waals surface area contributed by atoms with E-state index in [4.69, 9.17) is 0 Å². The Morgan fingerprint density at radius 3 is 2.68 bits per heavy atom. The molecular formula is C13H18N4OS. The number of hydrogen-bond acceptors (Lipinski definition) is 4. The second kappa shape index (κ2) is 5.52. The second-order valence-electron chi connectivity index (χ2n) is 4.87. The number of amides is 1. The SMILES string of the molecule is CC(C)c1csc(C(=O)N[C@@H](C)c2cnn(C)c2)n1. The molecule has 2 aromatic rings. The van der Waals surface area contributed by atoms with Gasteiger partial charge in [0, 0.05) is 24.2 Å². The van der Waals surface area contributed by atoms with Crippen molar-refractivity contribution >= 4 is 17.2 Å². The van der Waals surface area contributed by atoms with Gasteiger partial charge in [-0.1, -0.05) is 13.8 Å². The van der Waals surface area contributed by atoms with E-state index in [1.807, 2.05) is 25.5 Å². The molecule has 1 amide bonds. The van der Waals surface area contributed by atoms with Crippen molar-refractivity contribution in [1.82, 2.24) is 20.1 Å². The predicted molar refractivity (Wildman–Crippen MR) is 75.3 cm³/mol. The van der Waals surface area contributed by atoms with Crippen LogP contribution in [-0.4, -0.2) is 20.7 Å². The fraction of sp³-hybridized carbons (Fsp3) is 0.462. The monoisotopic (exact) mass is 278 g/mol. The van der Waals surface area contributed by atoms with Crippen LogP contribution in [0.25, 0.3) is 0 Å². The van der Waals surface area contributed by atoms with Crippen molar-refractivity contribution in [3.63, 3.8) is 0 Å². The number of nitrogens with zero attached hydrogens (tertiary/aromatic N) is 3. The van der Waals surface area contributed by atoms with Crippen LogP contribution in [0.4, 0.5) is 0 Å². The first-order valence-corrected chi connectivity index (χ1v) is 7.10. The molecule has 2 rings (SSSR count). The lowest BCUT2D eigenvalue weighted by molar-refractivity contribution is 0.0939. The van der Waals surface area contributed by atoms with Crippen LogP contribution in [-0.2, 0) is 7.05 Å². The molecule has 6 heteroatoms. The third kappa shape index (κ3) is 3.20. The molecule has 0 spiro atoms. The van der Waals surface area contributed by atoms with E-state index in [9.17, 15) is 4.79 Å². The Morgan fingerprint density at radius 1 is 1.42 bits per heavy atom. The zero-order valence-electron chi connectivity index (χ0n) is 11.5. The Kier molecular flexibility index (Phi) is 3.99. The third-order valence-corrected chi connectivity index (χ3v) is 3.74. The van der Waals surface area contributed by atoms with Crippen molar-refractivity contribution < 1.29 is 4.79 Å². The molecule has 19 heavy (non-hydrogen) atoms. The average molecular weight is 278 g/mol. The minimum absolute atomic E-state index is 0.0763. The summed E-state index contributed by atoms with van der Waals surface area (Å²) in [4.78, 5) is 16.4. The maximum absolute atomic E-state index is 12.1. The van der Waals surface area contributed by atoms with E-state index in [0.29, 0.717) is 10.9 Å². The van der Waals surface area contributed by atoms with Gasteiger partial charge in [-0.15, -0.1) is 11.3 Å². The van der Waals surface area contributed by atoms with E-state index in [1.54, 1.807) is 10.9 Å². The molecule has 0 saturated heterocycles. The van der Waals surface area contributed by atoms with E-state index in [0.717, 1.165) is 11.3 Å². The number of aryl methyl sites for hydroxylation is 1. The maximum atomic E-state index is 12.1. The Bertz CT molecular complexity index is 573. The summed E-state index contributed by atoms with van der Waals surface area (Å²) in [5, 5.41) is 9.48. The second-order valence-corrected chi connectivity index (χ2v) is 5.73. The smallest absolute Gasteiger partial charge is 0.280 e. The molecule has 0 fully saturated rings. The van der Waals surface area contributed by atoms with E-state index >= 15 is 0 Å². The van der Waals surface area contributed by atoms with Crippen LogP contribution in [0.1, 0.15) is 53.8 Å². The van der Waals surface area contributed by atoms with Gasteiger partial charge in [-0.3, -0.25) is 9.48 Å². The van der Waals surface area contributed by atoms with Gasteiger partial charge in [-0.25, -0.2) is 4.98 Å². The van der Waals surface area contributed by atoms with Gasteiger partial charge in [0.1, 0.15) is 0 Å². The number of carbonyl (C=O) groups excluding carboxylic acids is 1. The molecule has 0 radical (unpaired) electrons. The Hall–Kier alpha value is -1.69. The van der Waals surface area contributed by atoms with Crippen molar-refractivity contribution in [2.45, 2.75) is 32.7 Å². The maximum Gasteiger partial charge on any atom is 0.280 e. The summed E-state index contributed by atoms with van der Waals surface area (Å²) < 4.78 is 1.72. The minimum atomic E-state index is -0.131. The summed E-state index contributed by atoms with van der Waals surface area (Å²) in [7, 11) is 1.85. The Labute approximate surface area is 116 Å². The first-order valence-electron chi connectivity index (χ1n) is 6.22. The highest BCUT2D eigenvalue weighted by Crippen LogP contribution is 2.18. The van der Waals surface area contributed by atoms with Crippen molar-refractivity contribution in [3.8, 4) is 0 Å². The highest BCUT2D eigenvalue weighted by molar-refractivity contribution is 7.11. The minimum Gasteiger partial charge on any atom is -0.343 e. The highest BCUT2D eigenvalue weighted by Gasteiger charge is 2.16. The van der Waals surface area contributed by atoms with Crippen molar-refractivity contribution in [3.05, 3.63) is 34.0 Å².